The SMILES string of the molecule is CC1(C)c2ccccc2-c2c(-c3cc(-c4nc(-c5ccccc5)nc(-c5ccc6c(c5)oc5cccc(-c7ccccc7)c56)n4)c4ccccc4c3)cccc21. The molecule has 0 aliphatic heterocycles. The van der Waals surface area contributed by atoms with Crippen LogP contribution in [0, 0.1) is 0 Å². The fraction of sp³-hybridized carbons (Fsp3) is 0.0577. The Kier molecular flexibility index (Phi) is 7.17. The Labute approximate surface area is 324 Å². The average molecular weight is 718 g/mol. The molecule has 0 bridgehead atoms. The number of nitrogens with zero attached hydrogens (tertiary/aromatic N) is 3. The van der Waals surface area contributed by atoms with Gasteiger partial charge in [0.25, 0.3) is 0 Å². The zero-order chi connectivity index (χ0) is 37.4. The summed E-state index contributed by atoms with van der Waals surface area (Å²) in [6.07, 6.45) is 0. The highest BCUT2D eigenvalue weighted by molar-refractivity contribution is 6.13. The van der Waals surface area contributed by atoms with Crippen LogP contribution >= 0.6 is 0 Å². The Morgan fingerprint density at radius 3 is 1.88 bits per heavy atom. The fourth-order valence-corrected chi connectivity index (χ4v) is 8.81. The van der Waals surface area contributed by atoms with Crippen molar-refractivity contribution in [1.82, 2.24) is 15.0 Å². The van der Waals surface area contributed by atoms with E-state index in [4.69, 9.17) is 19.4 Å². The average Bonchev–Trinajstić information content (AvgIpc) is 3.75. The highest BCUT2D eigenvalue weighted by atomic mass is 16.3. The lowest BCUT2D eigenvalue weighted by atomic mass is 9.82. The van der Waals surface area contributed by atoms with Gasteiger partial charge >= 0.3 is 0 Å². The minimum absolute atomic E-state index is 0.0978. The third-order valence-electron chi connectivity index (χ3n) is 11.5. The minimum Gasteiger partial charge on any atom is -0.456 e. The zero-order valence-corrected chi connectivity index (χ0v) is 31.0. The second kappa shape index (κ2) is 12.4. The summed E-state index contributed by atoms with van der Waals surface area (Å²) in [6, 6.07) is 61.9. The lowest BCUT2D eigenvalue weighted by Crippen LogP contribution is -2.14. The van der Waals surface area contributed by atoms with E-state index in [0.29, 0.717) is 17.5 Å². The summed E-state index contributed by atoms with van der Waals surface area (Å²) in [7, 11) is 0. The van der Waals surface area contributed by atoms with Crippen molar-refractivity contribution in [1.29, 1.82) is 0 Å². The molecule has 0 N–H and O–H groups in total. The van der Waals surface area contributed by atoms with Crippen LogP contribution in [0.2, 0.25) is 0 Å². The van der Waals surface area contributed by atoms with Gasteiger partial charge in [0.2, 0.25) is 0 Å². The normalized spacial score (nSPS) is 13.0. The summed E-state index contributed by atoms with van der Waals surface area (Å²) >= 11 is 0. The van der Waals surface area contributed by atoms with Crippen LogP contribution < -0.4 is 0 Å². The summed E-state index contributed by atoms with van der Waals surface area (Å²) in [4.78, 5) is 15.6. The standard InChI is InChI=1S/C52H35N3O/c1-52(2)43-24-12-11-21-40(43)47-39(22-13-25-44(47)52)36-29-34-19-9-10-20-37(34)42(30-36)51-54-49(33-17-7-4-8-18-33)53-50(55-51)35-27-28-41-46(31-35)56-45-26-14-23-38(48(41)45)32-15-5-3-6-16-32/h3-31H,1-2H3. The summed E-state index contributed by atoms with van der Waals surface area (Å²) < 4.78 is 6.53. The largest absolute Gasteiger partial charge is 0.456 e. The van der Waals surface area contributed by atoms with Crippen LogP contribution in [0.1, 0.15) is 25.0 Å². The highest BCUT2D eigenvalue weighted by Gasteiger charge is 2.36. The molecule has 0 amide bonds. The molecule has 10 aromatic rings. The van der Waals surface area contributed by atoms with Crippen molar-refractivity contribution in [2.24, 2.45) is 0 Å². The Balaban J connectivity index is 1.12. The molecular weight excluding hydrogens is 683 g/mol. The number of aromatic nitrogens is 3. The molecule has 8 aromatic carbocycles. The maximum Gasteiger partial charge on any atom is 0.164 e. The van der Waals surface area contributed by atoms with E-state index >= 15 is 0 Å². The molecule has 4 nitrogen and oxygen atoms in total. The lowest BCUT2D eigenvalue weighted by Gasteiger charge is -2.21. The van der Waals surface area contributed by atoms with Crippen molar-refractivity contribution in [2.75, 3.05) is 0 Å². The quantitative estimate of drug-likeness (QED) is 0.178. The topological polar surface area (TPSA) is 51.8 Å². The molecule has 2 aromatic heterocycles. The van der Waals surface area contributed by atoms with Gasteiger partial charge < -0.3 is 4.42 Å². The monoisotopic (exact) mass is 717 g/mol. The van der Waals surface area contributed by atoms with E-state index in [1.54, 1.807) is 0 Å². The third kappa shape index (κ3) is 5.03. The van der Waals surface area contributed by atoms with Gasteiger partial charge in [0.1, 0.15) is 11.2 Å². The molecule has 0 saturated heterocycles. The molecule has 0 fully saturated rings. The summed E-state index contributed by atoms with van der Waals surface area (Å²) in [5.74, 6) is 1.83. The van der Waals surface area contributed by atoms with Gasteiger partial charge in [-0.1, -0.05) is 159 Å². The van der Waals surface area contributed by atoms with E-state index in [9.17, 15) is 0 Å². The summed E-state index contributed by atoms with van der Waals surface area (Å²) in [6.45, 7) is 4.66. The Hall–Kier alpha value is -7.17. The predicted molar refractivity (Wildman–Crippen MR) is 229 cm³/mol. The first kappa shape index (κ1) is 32.3. The second-order valence-corrected chi connectivity index (χ2v) is 15.2. The predicted octanol–water partition coefficient (Wildman–Crippen LogP) is 13.6. The van der Waals surface area contributed by atoms with E-state index in [-0.39, 0.29) is 5.41 Å². The van der Waals surface area contributed by atoms with E-state index < -0.39 is 0 Å². The van der Waals surface area contributed by atoms with Gasteiger partial charge in [-0.25, -0.2) is 15.0 Å². The molecule has 2 heterocycles. The number of hydrogen-bond acceptors (Lipinski definition) is 4. The summed E-state index contributed by atoms with van der Waals surface area (Å²) in [5.41, 5.74) is 14.2. The lowest BCUT2D eigenvalue weighted by molar-refractivity contribution is 0.660. The van der Waals surface area contributed by atoms with Crippen molar-refractivity contribution >= 4 is 32.7 Å². The van der Waals surface area contributed by atoms with Crippen LogP contribution in [0.25, 0.3) is 100 Å². The minimum atomic E-state index is -0.0978. The van der Waals surface area contributed by atoms with E-state index in [1.165, 1.54) is 27.8 Å². The van der Waals surface area contributed by atoms with Crippen LogP contribution in [0.4, 0.5) is 0 Å². The molecule has 0 radical (unpaired) electrons. The maximum absolute atomic E-state index is 6.53. The second-order valence-electron chi connectivity index (χ2n) is 15.2. The number of furan rings is 1. The zero-order valence-electron chi connectivity index (χ0n) is 31.0. The van der Waals surface area contributed by atoms with Gasteiger partial charge in [0, 0.05) is 32.9 Å². The first-order valence-electron chi connectivity index (χ1n) is 19.1. The number of fused-ring (bicyclic) bond motifs is 7. The van der Waals surface area contributed by atoms with Gasteiger partial charge in [0.05, 0.1) is 0 Å². The van der Waals surface area contributed by atoms with E-state index in [1.807, 2.05) is 30.3 Å². The fourth-order valence-electron chi connectivity index (χ4n) is 8.81. The van der Waals surface area contributed by atoms with Gasteiger partial charge in [-0.3, -0.25) is 0 Å². The Morgan fingerprint density at radius 1 is 0.393 bits per heavy atom. The molecule has 0 unspecified atom stereocenters. The Morgan fingerprint density at radius 2 is 1.04 bits per heavy atom. The number of rotatable bonds is 5. The molecule has 4 heteroatoms. The van der Waals surface area contributed by atoms with Gasteiger partial charge in [0.15, 0.2) is 17.5 Å². The Bertz CT molecular complexity index is 3160. The maximum atomic E-state index is 6.53. The molecule has 1 aliphatic carbocycles. The van der Waals surface area contributed by atoms with Crippen molar-refractivity contribution in [3.05, 3.63) is 187 Å². The number of benzene rings is 8. The van der Waals surface area contributed by atoms with Crippen LogP contribution in [0.3, 0.4) is 0 Å². The van der Waals surface area contributed by atoms with E-state index in [0.717, 1.165) is 66.1 Å². The molecule has 11 rings (SSSR count). The van der Waals surface area contributed by atoms with Crippen molar-refractivity contribution in [3.8, 4) is 67.5 Å². The van der Waals surface area contributed by atoms with Crippen LogP contribution in [-0.2, 0) is 5.41 Å². The summed E-state index contributed by atoms with van der Waals surface area (Å²) in [5, 5.41) is 4.37. The third-order valence-corrected chi connectivity index (χ3v) is 11.5. The van der Waals surface area contributed by atoms with E-state index in [2.05, 4.69) is 159 Å². The molecule has 264 valence electrons. The molecule has 0 atom stereocenters. The smallest absolute Gasteiger partial charge is 0.164 e. The highest BCUT2D eigenvalue weighted by Crippen LogP contribution is 2.52. The molecule has 0 saturated carbocycles. The van der Waals surface area contributed by atoms with Crippen molar-refractivity contribution < 1.29 is 4.42 Å². The first-order chi connectivity index (χ1) is 27.5. The van der Waals surface area contributed by atoms with Crippen LogP contribution in [0.5, 0.6) is 0 Å². The van der Waals surface area contributed by atoms with Crippen molar-refractivity contribution in [3.63, 3.8) is 0 Å². The van der Waals surface area contributed by atoms with Gasteiger partial charge in [-0.2, -0.15) is 0 Å². The molecule has 1 aliphatic rings. The van der Waals surface area contributed by atoms with Crippen molar-refractivity contribution in [2.45, 2.75) is 19.3 Å². The van der Waals surface area contributed by atoms with Crippen LogP contribution in [0.15, 0.2) is 180 Å². The molecule has 0 spiro atoms. The molecule has 56 heavy (non-hydrogen) atoms. The number of hydrogen-bond donors (Lipinski definition) is 0. The van der Waals surface area contributed by atoms with Gasteiger partial charge in [-0.05, 0) is 85.6 Å². The first-order valence-corrected chi connectivity index (χ1v) is 19.1. The van der Waals surface area contributed by atoms with Gasteiger partial charge in [-0.15, -0.1) is 0 Å². The molecular formula is C52H35N3O. The van der Waals surface area contributed by atoms with Crippen LogP contribution in [-0.4, -0.2) is 15.0 Å².